The minimum atomic E-state index is -3.61. The van der Waals surface area contributed by atoms with E-state index in [1.54, 1.807) is 20.9 Å². The molecule has 1 heterocycles. The quantitative estimate of drug-likeness (QED) is 0.729. The van der Waals surface area contributed by atoms with Crippen molar-refractivity contribution in [3.05, 3.63) is 44.9 Å². The Morgan fingerprint density at radius 1 is 1.33 bits per heavy atom. The zero-order chi connectivity index (χ0) is 20.1. The molecule has 0 radical (unpaired) electrons. The van der Waals surface area contributed by atoms with Gasteiger partial charge in [0.05, 0.1) is 26.3 Å². The van der Waals surface area contributed by atoms with Gasteiger partial charge < -0.3 is 0 Å². The Bertz CT molecular complexity index is 1120. The van der Waals surface area contributed by atoms with Crippen LogP contribution in [0.2, 0.25) is 0 Å². The summed E-state index contributed by atoms with van der Waals surface area (Å²) in [6, 6.07) is 2.72. The maximum absolute atomic E-state index is 13.2. The van der Waals surface area contributed by atoms with Crippen molar-refractivity contribution >= 4 is 26.4 Å². The number of rotatable bonds is 6. The Morgan fingerprint density at radius 2 is 1.96 bits per heavy atom. The van der Waals surface area contributed by atoms with Gasteiger partial charge in [-0.05, 0) is 37.5 Å². The summed E-state index contributed by atoms with van der Waals surface area (Å²) in [5.74, 6) is -0.0800. The molecule has 1 aliphatic rings. The number of carbonyl (C=O) groups excluding carboxylic acids is 1. The lowest BCUT2D eigenvalue weighted by atomic mass is 9.98. The second kappa shape index (κ2) is 6.87. The molecule has 2 aromatic rings. The monoisotopic (exact) mass is 410 g/mol. The summed E-state index contributed by atoms with van der Waals surface area (Å²) in [6.07, 6.45) is 2.88. The van der Waals surface area contributed by atoms with Crippen molar-refractivity contribution in [1.29, 1.82) is 0 Å². The number of carbonyl (C=O) groups is 1. The van der Waals surface area contributed by atoms with E-state index < -0.39 is 32.0 Å². The van der Waals surface area contributed by atoms with E-state index in [9.17, 15) is 22.2 Å². The highest BCUT2D eigenvalue weighted by atomic mass is 32.2. The Hall–Kier alpha value is -2.00. The molecule has 1 atom stereocenters. The summed E-state index contributed by atoms with van der Waals surface area (Å²) in [5, 5.41) is 2.96. The van der Waals surface area contributed by atoms with Crippen LogP contribution < -0.4 is 5.56 Å². The van der Waals surface area contributed by atoms with Gasteiger partial charge in [0.1, 0.15) is 5.56 Å². The van der Waals surface area contributed by atoms with Gasteiger partial charge in [0, 0.05) is 30.5 Å². The normalized spacial score (nSPS) is 15.7. The van der Waals surface area contributed by atoms with Crippen molar-refractivity contribution in [3.8, 4) is 0 Å². The van der Waals surface area contributed by atoms with Gasteiger partial charge in [-0.2, -0.15) is 0 Å². The topological polar surface area (TPSA) is 106 Å². The molecule has 1 fully saturated rings. The first-order valence-corrected chi connectivity index (χ1v) is 11.8. The summed E-state index contributed by atoms with van der Waals surface area (Å²) in [5.41, 5.74) is 0.846. The van der Waals surface area contributed by atoms with Crippen LogP contribution in [0.1, 0.15) is 52.9 Å². The molecule has 1 N–H and O–H groups in total. The summed E-state index contributed by atoms with van der Waals surface area (Å²) in [4.78, 5) is 25.8. The summed E-state index contributed by atoms with van der Waals surface area (Å²) < 4.78 is 38.0. The Balaban J connectivity index is 2.23. The predicted octanol–water partition coefficient (Wildman–Crippen LogP) is 1.66. The molecule has 1 saturated carbocycles. The molecule has 0 saturated heterocycles. The van der Waals surface area contributed by atoms with Crippen LogP contribution in [0, 0.1) is 6.92 Å². The number of nitrogens with zero attached hydrogens (tertiary/aromatic N) is 1. The van der Waals surface area contributed by atoms with Crippen LogP contribution in [0.25, 0.3) is 0 Å². The van der Waals surface area contributed by atoms with Gasteiger partial charge in [-0.3, -0.25) is 23.6 Å². The smallest absolute Gasteiger partial charge is 0.277 e. The van der Waals surface area contributed by atoms with E-state index in [1.807, 2.05) is 0 Å². The number of aromatic amines is 1. The average molecular weight is 411 g/mol. The molecule has 3 rings (SSSR count). The molecule has 27 heavy (non-hydrogen) atoms. The number of ketones is 1. The Labute approximate surface area is 160 Å². The number of benzene rings is 1. The fraction of sp³-hybridized carbons (Fsp3) is 0.444. The molecule has 1 aromatic heterocycles. The van der Waals surface area contributed by atoms with Gasteiger partial charge in [-0.25, -0.2) is 8.42 Å². The Morgan fingerprint density at radius 3 is 2.48 bits per heavy atom. The third-order valence-electron chi connectivity index (χ3n) is 4.79. The van der Waals surface area contributed by atoms with Crippen molar-refractivity contribution < 1.29 is 17.4 Å². The van der Waals surface area contributed by atoms with Crippen molar-refractivity contribution in [3.63, 3.8) is 0 Å². The lowest BCUT2D eigenvalue weighted by molar-refractivity contribution is 0.103. The second-order valence-corrected chi connectivity index (χ2v) is 10.5. The van der Waals surface area contributed by atoms with Crippen LogP contribution in [0.3, 0.4) is 0 Å². The van der Waals surface area contributed by atoms with E-state index in [-0.39, 0.29) is 32.6 Å². The lowest BCUT2D eigenvalue weighted by Gasteiger charge is -2.14. The summed E-state index contributed by atoms with van der Waals surface area (Å²) in [6.45, 7) is 3.27. The highest BCUT2D eigenvalue weighted by molar-refractivity contribution is 7.92. The van der Waals surface area contributed by atoms with E-state index in [4.69, 9.17) is 0 Å². The molecule has 0 aliphatic heterocycles. The van der Waals surface area contributed by atoms with E-state index in [0.717, 1.165) is 19.1 Å². The summed E-state index contributed by atoms with van der Waals surface area (Å²) in [7, 11) is -3.62. The largest absolute Gasteiger partial charge is 0.299 e. The highest BCUT2D eigenvalue weighted by Crippen LogP contribution is 2.40. The molecule has 0 amide bonds. The number of hydrogen-bond acceptors (Lipinski definition) is 5. The third kappa shape index (κ3) is 3.45. The van der Waals surface area contributed by atoms with Gasteiger partial charge >= 0.3 is 0 Å². The average Bonchev–Trinajstić information content (AvgIpc) is 3.39. The minimum Gasteiger partial charge on any atom is -0.299 e. The van der Waals surface area contributed by atoms with Crippen molar-refractivity contribution in [2.45, 2.75) is 42.4 Å². The number of nitrogens with one attached hydrogen (secondary N) is 1. The fourth-order valence-corrected chi connectivity index (χ4v) is 5.79. The van der Waals surface area contributed by atoms with Crippen LogP contribution in [0.15, 0.2) is 26.7 Å². The first kappa shape index (κ1) is 19.8. The molecule has 1 aromatic carbocycles. The standard InChI is InChI=1S/C18H22N2O5S2/c1-5-26(23)17-10(2)12(8-9-13(17)27(4,24)25)16(21)14-15(11-6-7-11)19-20(3)18(14)22/h8-9,11,19H,5-7H2,1-4H3. The van der Waals surface area contributed by atoms with Gasteiger partial charge in [0.2, 0.25) is 5.78 Å². The molecular formula is C18H22N2O5S2. The maximum Gasteiger partial charge on any atom is 0.277 e. The van der Waals surface area contributed by atoms with Crippen LogP contribution in [-0.4, -0.2) is 40.2 Å². The van der Waals surface area contributed by atoms with Gasteiger partial charge in [-0.15, -0.1) is 0 Å². The van der Waals surface area contributed by atoms with Gasteiger partial charge in [0.25, 0.3) is 5.56 Å². The first-order chi connectivity index (χ1) is 12.6. The maximum atomic E-state index is 13.2. The van der Waals surface area contributed by atoms with E-state index >= 15 is 0 Å². The van der Waals surface area contributed by atoms with Crippen molar-refractivity contribution in [1.82, 2.24) is 9.78 Å². The number of hydrogen-bond donors (Lipinski definition) is 1. The highest BCUT2D eigenvalue weighted by Gasteiger charge is 2.34. The number of H-pyrrole nitrogens is 1. The SMILES string of the molecule is CCS(=O)c1c(S(C)(=O)=O)ccc(C(=O)c2c(C3CC3)[nH]n(C)c2=O)c1C. The Kier molecular flexibility index (Phi) is 5.02. The molecule has 1 unspecified atom stereocenters. The van der Waals surface area contributed by atoms with E-state index in [2.05, 4.69) is 5.10 Å². The van der Waals surface area contributed by atoms with Crippen LogP contribution in [0.5, 0.6) is 0 Å². The van der Waals surface area contributed by atoms with Gasteiger partial charge in [0.15, 0.2) is 9.84 Å². The van der Waals surface area contributed by atoms with Crippen LogP contribution >= 0.6 is 0 Å². The molecule has 146 valence electrons. The number of sulfone groups is 1. The van der Waals surface area contributed by atoms with Gasteiger partial charge in [-0.1, -0.05) is 6.92 Å². The molecule has 0 bridgehead atoms. The van der Waals surface area contributed by atoms with Crippen molar-refractivity contribution in [2.75, 3.05) is 12.0 Å². The molecule has 1 aliphatic carbocycles. The minimum absolute atomic E-state index is 0.0406. The lowest BCUT2D eigenvalue weighted by Crippen LogP contribution is -2.21. The van der Waals surface area contributed by atoms with Crippen LogP contribution in [-0.2, 0) is 27.7 Å². The fourth-order valence-electron chi connectivity index (χ4n) is 3.22. The van der Waals surface area contributed by atoms with E-state index in [0.29, 0.717) is 11.3 Å². The zero-order valence-electron chi connectivity index (χ0n) is 15.7. The first-order valence-electron chi connectivity index (χ1n) is 8.63. The summed E-state index contributed by atoms with van der Waals surface area (Å²) >= 11 is 0. The zero-order valence-corrected chi connectivity index (χ0v) is 17.3. The molecule has 7 nitrogen and oxygen atoms in total. The van der Waals surface area contributed by atoms with E-state index in [1.165, 1.54) is 16.8 Å². The molecular weight excluding hydrogens is 388 g/mol. The second-order valence-electron chi connectivity index (χ2n) is 6.84. The van der Waals surface area contributed by atoms with Crippen LogP contribution in [0.4, 0.5) is 0 Å². The number of aromatic nitrogens is 2. The predicted molar refractivity (Wildman–Crippen MR) is 103 cm³/mol. The number of aryl methyl sites for hydroxylation is 1. The van der Waals surface area contributed by atoms with Crippen molar-refractivity contribution in [2.24, 2.45) is 7.05 Å². The molecule has 9 heteroatoms. The molecule has 0 spiro atoms. The third-order valence-corrected chi connectivity index (χ3v) is 7.57.